The Labute approximate surface area is 166 Å². The van der Waals surface area contributed by atoms with Gasteiger partial charge in [-0.1, -0.05) is 12.1 Å². The fourth-order valence-corrected chi connectivity index (χ4v) is 4.80. The van der Waals surface area contributed by atoms with Crippen LogP contribution in [0.15, 0.2) is 36.8 Å². The highest BCUT2D eigenvalue weighted by Crippen LogP contribution is 2.46. The number of nitrogens with zero attached hydrogens (tertiary/aromatic N) is 5. The number of aromatic nitrogens is 4. The molecule has 2 aliphatic rings. The summed E-state index contributed by atoms with van der Waals surface area (Å²) in [7, 11) is 1.51. The highest BCUT2D eigenvalue weighted by atomic mass is 19.1. The van der Waals surface area contributed by atoms with Crippen LogP contribution < -0.4 is 4.90 Å². The van der Waals surface area contributed by atoms with Crippen LogP contribution in [0.2, 0.25) is 0 Å². The molecule has 1 N–H and O–H groups in total. The van der Waals surface area contributed by atoms with Gasteiger partial charge in [0, 0.05) is 38.6 Å². The van der Waals surface area contributed by atoms with Crippen LogP contribution in [0.4, 0.5) is 10.2 Å². The number of rotatable bonds is 4. The Hall–Kier alpha value is -3.07. The fourth-order valence-electron chi connectivity index (χ4n) is 4.80. The maximum atomic E-state index is 14.0. The van der Waals surface area contributed by atoms with E-state index in [-0.39, 0.29) is 36.2 Å². The Balaban J connectivity index is 1.48. The van der Waals surface area contributed by atoms with E-state index in [1.54, 1.807) is 12.3 Å². The van der Waals surface area contributed by atoms with Crippen molar-refractivity contribution in [2.24, 2.45) is 11.8 Å². The van der Waals surface area contributed by atoms with Crippen molar-refractivity contribution in [2.45, 2.75) is 6.04 Å². The Morgan fingerprint density at radius 2 is 2.21 bits per heavy atom. The number of carbonyl (C=O) groups is 1. The molecular weight excluding hydrogens is 375 g/mol. The summed E-state index contributed by atoms with van der Waals surface area (Å²) in [6.07, 6.45) is 3.26. The van der Waals surface area contributed by atoms with Gasteiger partial charge in [-0.15, -0.1) is 0 Å². The zero-order valence-electron chi connectivity index (χ0n) is 16.0. The number of anilines is 1. The molecule has 4 heterocycles. The average molecular weight is 396 g/mol. The van der Waals surface area contributed by atoms with Crippen molar-refractivity contribution in [1.82, 2.24) is 25.1 Å². The molecule has 3 atom stereocenters. The molecule has 2 fully saturated rings. The van der Waals surface area contributed by atoms with Crippen molar-refractivity contribution in [2.75, 3.05) is 38.3 Å². The first-order chi connectivity index (χ1) is 14.2. The van der Waals surface area contributed by atoms with Gasteiger partial charge in [0.2, 0.25) is 5.91 Å². The van der Waals surface area contributed by atoms with E-state index in [9.17, 15) is 9.18 Å². The molecule has 150 valence electrons. The summed E-state index contributed by atoms with van der Waals surface area (Å²) in [6.45, 7) is 2.13. The van der Waals surface area contributed by atoms with Crippen LogP contribution in [0.3, 0.4) is 0 Å². The second kappa shape index (κ2) is 7.07. The number of halogens is 1. The Morgan fingerprint density at radius 1 is 1.31 bits per heavy atom. The molecule has 0 aliphatic carbocycles. The van der Waals surface area contributed by atoms with Crippen molar-refractivity contribution in [3.05, 3.63) is 48.2 Å². The van der Waals surface area contributed by atoms with Crippen LogP contribution in [0.1, 0.15) is 11.6 Å². The van der Waals surface area contributed by atoms with Crippen molar-refractivity contribution < 1.29 is 13.9 Å². The van der Waals surface area contributed by atoms with E-state index in [4.69, 9.17) is 4.74 Å². The summed E-state index contributed by atoms with van der Waals surface area (Å²) in [5.41, 5.74) is 1.52. The standard InChI is InChI=1S/C20H21FN6O2/c1-29-10-17(28)27-8-13-7-26(20-15-6-24-25-19(15)22-11-23-20)9-16(13)18(27)12-3-2-4-14(21)5-12/h2-6,11,13,16,18H,7-10H2,1H3,(H,22,23,24,25)/t13-,16-,18+/m1/s1. The van der Waals surface area contributed by atoms with E-state index >= 15 is 0 Å². The minimum atomic E-state index is -0.296. The molecule has 5 rings (SSSR count). The number of nitrogens with one attached hydrogen (secondary N) is 1. The number of likely N-dealkylation sites (tertiary alicyclic amines) is 1. The van der Waals surface area contributed by atoms with Gasteiger partial charge in [0.1, 0.15) is 24.6 Å². The lowest BCUT2D eigenvalue weighted by Crippen LogP contribution is -2.37. The Morgan fingerprint density at radius 3 is 3.03 bits per heavy atom. The highest BCUT2D eigenvalue weighted by Gasteiger charge is 2.49. The molecule has 0 bridgehead atoms. The van der Waals surface area contributed by atoms with Crippen LogP contribution in [0, 0.1) is 17.7 Å². The molecule has 3 aromatic rings. The lowest BCUT2D eigenvalue weighted by atomic mass is 9.89. The number of ether oxygens (including phenoxy) is 1. The predicted octanol–water partition coefficient (Wildman–Crippen LogP) is 1.77. The fraction of sp³-hybridized carbons (Fsp3) is 0.400. The molecule has 1 aromatic carbocycles. The van der Waals surface area contributed by atoms with Gasteiger partial charge in [-0.25, -0.2) is 14.4 Å². The van der Waals surface area contributed by atoms with E-state index < -0.39 is 0 Å². The van der Waals surface area contributed by atoms with Crippen molar-refractivity contribution >= 4 is 22.8 Å². The van der Waals surface area contributed by atoms with Gasteiger partial charge in [-0.3, -0.25) is 9.89 Å². The zero-order chi connectivity index (χ0) is 20.0. The number of carbonyl (C=O) groups excluding carboxylic acids is 1. The predicted molar refractivity (Wildman–Crippen MR) is 104 cm³/mol. The molecule has 1 amide bonds. The third-order valence-electron chi connectivity index (χ3n) is 5.97. The summed E-state index contributed by atoms with van der Waals surface area (Å²) in [4.78, 5) is 25.5. The first-order valence-corrected chi connectivity index (χ1v) is 9.58. The molecule has 0 spiro atoms. The third kappa shape index (κ3) is 3.02. The molecular formula is C20H21FN6O2. The number of fused-ring (bicyclic) bond motifs is 2. The van der Waals surface area contributed by atoms with Gasteiger partial charge in [0.05, 0.1) is 17.6 Å². The van der Waals surface area contributed by atoms with Crippen LogP contribution in [0.25, 0.3) is 11.0 Å². The number of benzene rings is 1. The van der Waals surface area contributed by atoms with E-state index in [1.165, 1.54) is 25.6 Å². The molecule has 2 saturated heterocycles. The Kier molecular flexibility index (Phi) is 4.39. The quantitative estimate of drug-likeness (QED) is 0.723. The number of amides is 1. The van der Waals surface area contributed by atoms with E-state index in [0.29, 0.717) is 12.2 Å². The normalized spacial score (nSPS) is 23.7. The zero-order valence-corrected chi connectivity index (χ0v) is 16.0. The average Bonchev–Trinajstić information content (AvgIpc) is 3.41. The topological polar surface area (TPSA) is 87.2 Å². The molecule has 0 saturated carbocycles. The van der Waals surface area contributed by atoms with Gasteiger partial charge in [0.25, 0.3) is 0 Å². The van der Waals surface area contributed by atoms with Crippen molar-refractivity contribution in [1.29, 1.82) is 0 Å². The Bertz CT molecular complexity index is 1060. The summed E-state index contributed by atoms with van der Waals surface area (Å²) in [5, 5.41) is 7.82. The lowest BCUT2D eigenvalue weighted by Gasteiger charge is -2.30. The smallest absolute Gasteiger partial charge is 0.249 e. The third-order valence-corrected chi connectivity index (χ3v) is 5.97. The SMILES string of the molecule is COCC(=O)N1C[C@H]2CN(c3ncnc4[nH]ncc34)C[C@H]2[C@@H]1c1cccc(F)c1. The number of hydrogen-bond donors (Lipinski definition) is 1. The highest BCUT2D eigenvalue weighted by molar-refractivity contribution is 5.86. The number of H-pyrrole nitrogens is 1. The van der Waals surface area contributed by atoms with E-state index in [0.717, 1.165) is 29.9 Å². The molecule has 8 nitrogen and oxygen atoms in total. The second-order valence-electron chi connectivity index (χ2n) is 7.64. The van der Waals surface area contributed by atoms with Gasteiger partial charge >= 0.3 is 0 Å². The summed E-state index contributed by atoms with van der Waals surface area (Å²) >= 11 is 0. The van der Waals surface area contributed by atoms with Crippen LogP contribution in [-0.2, 0) is 9.53 Å². The first-order valence-electron chi connectivity index (χ1n) is 9.58. The van der Waals surface area contributed by atoms with E-state index in [1.807, 2.05) is 11.0 Å². The van der Waals surface area contributed by atoms with Crippen LogP contribution in [-0.4, -0.2) is 64.3 Å². The summed E-state index contributed by atoms with van der Waals surface area (Å²) in [5.74, 6) is 0.916. The van der Waals surface area contributed by atoms with Gasteiger partial charge in [0.15, 0.2) is 5.65 Å². The van der Waals surface area contributed by atoms with Crippen LogP contribution in [0.5, 0.6) is 0 Å². The summed E-state index contributed by atoms with van der Waals surface area (Å²) in [6, 6.07) is 6.36. The summed E-state index contributed by atoms with van der Waals surface area (Å²) < 4.78 is 19.0. The molecule has 29 heavy (non-hydrogen) atoms. The molecule has 2 aromatic heterocycles. The molecule has 0 unspecified atom stereocenters. The van der Waals surface area contributed by atoms with Gasteiger partial charge in [-0.05, 0) is 17.7 Å². The van der Waals surface area contributed by atoms with Crippen LogP contribution >= 0.6 is 0 Å². The number of hydrogen-bond acceptors (Lipinski definition) is 6. The maximum Gasteiger partial charge on any atom is 0.249 e. The minimum absolute atomic E-state index is 0.0243. The first kappa shape index (κ1) is 18.0. The van der Waals surface area contributed by atoms with Crippen molar-refractivity contribution in [3.63, 3.8) is 0 Å². The second-order valence-corrected chi connectivity index (χ2v) is 7.64. The van der Waals surface area contributed by atoms with E-state index in [2.05, 4.69) is 25.1 Å². The molecule has 0 radical (unpaired) electrons. The monoisotopic (exact) mass is 396 g/mol. The lowest BCUT2D eigenvalue weighted by molar-refractivity contribution is -0.136. The number of aromatic amines is 1. The maximum absolute atomic E-state index is 14.0. The van der Waals surface area contributed by atoms with Crippen molar-refractivity contribution in [3.8, 4) is 0 Å². The largest absolute Gasteiger partial charge is 0.375 e. The molecule has 9 heteroatoms. The molecule has 2 aliphatic heterocycles. The van der Waals surface area contributed by atoms with Gasteiger partial charge in [-0.2, -0.15) is 5.10 Å². The minimum Gasteiger partial charge on any atom is -0.375 e. The number of methoxy groups -OCH3 is 1. The van der Waals surface area contributed by atoms with Gasteiger partial charge < -0.3 is 14.5 Å².